The molecule has 0 spiro atoms. The standard InChI is InChI=1S/C20H22F4N2O.C6H12O/c1-12-15(19(25)27)10-18(26(12)11-13-5-3-2-4-6-13)16-9-14(20(22,23)24)7-8-17(16)21;7-6-4-2-1-3-5-6/h7-10,13H,2-6,11H2,1H3,(H2,25,27);6-7H,1-5H2. The van der Waals surface area contributed by atoms with Crippen molar-refractivity contribution in [2.24, 2.45) is 11.7 Å². The van der Waals surface area contributed by atoms with Crippen molar-refractivity contribution in [1.82, 2.24) is 4.57 Å². The van der Waals surface area contributed by atoms with Crippen LogP contribution < -0.4 is 5.73 Å². The summed E-state index contributed by atoms with van der Waals surface area (Å²) in [5.74, 6) is -1.09. The van der Waals surface area contributed by atoms with Crippen molar-refractivity contribution in [2.75, 3.05) is 0 Å². The maximum Gasteiger partial charge on any atom is 0.416 e. The van der Waals surface area contributed by atoms with Crippen LogP contribution in [0.5, 0.6) is 0 Å². The number of nitrogens with zero attached hydrogens (tertiary/aromatic N) is 1. The van der Waals surface area contributed by atoms with E-state index in [1.807, 2.05) is 0 Å². The van der Waals surface area contributed by atoms with Crippen LogP contribution in [-0.4, -0.2) is 21.7 Å². The minimum Gasteiger partial charge on any atom is -0.393 e. The molecule has 0 bridgehead atoms. The number of primary amides is 1. The highest BCUT2D eigenvalue weighted by molar-refractivity contribution is 5.95. The number of benzene rings is 1. The summed E-state index contributed by atoms with van der Waals surface area (Å²) in [5, 5.41) is 8.91. The van der Waals surface area contributed by atoms with Crippen LogP contribution in [0.15, 0.2) is 24.3 Å². The van der Waals surface area contributed by atoms with Crippen molar-refractivity contribution >= 4 is 5.91 Å². The van der Waals surface area contributed by atoms with Crippen LogP contribution >= 0.6 is 0 Å². The van der Waals surface area contributed by atoms with Gasteiger partial charge in [0.25, 0.3) is 5.91 Å². The van der Waals surface area contributed by atoms with E-state index in [9.17, 15) is 22.4 Å². The fourth-order valence-electron chi connectivity index (χ4n) is 4.96. The third kappa shape index (κ3) is 6.62. The predicted molar refractivity (Wildman–Crippen MR) is 124 cm³/mol. The van der Waals surface area contributed by atoms with E-state index in [-0.39, 0.29) is 22.9 Å². The van der Waals surface area contributed by atoms with Gasteiger partial charge in [-0.05, 0) is 62.8 Å². The van der Waals surface area contributed by atoms with Gasteiger partial charge in [-0.2, -0.15) is 13.2 Å². The van der Waals surface area contributed by atoms with Crippen molar-refractivity contribution in [3.63, 3.8) is 0 Å². The summed E-state index contributed by atoms with van der Waals surface area (Å²) >= 11 is 0. The van der Waals surface area contributed by atoms with Gasteiger partial charge in [0.1, 0.15) is 5.82 Å². The maximum absolute atomic E-state index is 14.4. The first kappa shape index (κ1) is 26.3. The lowest BCUT2D eigenvalue weighted by Gasteiger charge is -2.24. The molecule has 2 aromatic rings. The number of amides is 1. The Bertz CT molecular complexity index is 972. The van der Waals surface area contributed by atoms with Crippen LogP contribution in [0.1, 0.15) is 85.8 Å². The molecule has 188 valence electrons. The summed E-state index contributed by atoms with van der Waals surface area (Å²) in [6.45, 7) is 2.22. The lowest BCUT2D eigenvalue weighted by Crippen LogP contribution is -2.17. The fraction of sp³-hybridized carbons (Fsp3) is 0.577. The third-order valence-corrected chi connectivity index (χ3v) is 6.94. The minimum atomic E-state index is -4.58. The molecule has 0 saturated heterocycles. The smallest absolute Gasteiger partial charge is 0.393 e. The van der Waals surface area contributed by atoms with E-state index in [2.05, 4.69) is 0 Å². The highest BCUT2D eigenvalue weighted by Gasteiger charge is 2.32. The molecule has 8 heteroatoms. The highest BCUT2D eigenvalue weighted by atomic mass is 19.4. The number of carbonyl (C=O) groups is 1. The first-order valence-electron chi connectivity index (χ1n) is 12.1. The zero-order valence-corrected chi connectivity index (χ0v) is 19.6. The van der Waals surface area contributed by atoms with E-state index >= 15 is 0 Å². The number of carbonyl (C=O) groups excluding carboxylic acids is 1. The normalized spacial score (nSPS) is 17.8. The molecule has 1 amide bonds. The number of aliphatic hydroxyl groups excluding tert-OH is 1. The molecule has 0 atom stereocenters. The lowest BCUT2D eigenvalue weighted by molar-refractivity contribution is -0.137. The topological polar surface area (TPSA) is 68.2 Å². The van der Waals surface area contributed by atoms with Gasteiger partial charge in [-0.15, -0.1) is 0 Å². The van der Waals surface area contributed by atoms with E-state index in [0.29, 0.717) is 18.2 Å². The molecule has 1 aromatic carbocycles. The van der Waals surface area contributed by atoms with Crippen LogP contribution in [0.25, 0.3) is 11.3 Å². The summed E-state index contributed by atoms with van der Waals surface area (Å²) in [7, 11) is 0. The SMILES string of the molecule is Cc1c(C(N)=O)cc(-c2cc(C(F)(F)F)ccc2F)n1CC1CCCCC1.OC1CCCCC1. The van der Waals surface area contributed by atoms with Gasteiger partial charge in [0.2, 0.25) is 0 Å². The van der Waals surface area contributed by atoms with Crippen LogP contribution in [0, 0.1) is 18.7 Å². The Labute approximate surface area is 198 Å². The second-order valence-electron chi connectivity index (χ2n) is 9.49. The molecule has 2 aliphatic rings. The van der Waals surface area contributed by atoms with Crippen LogP contribution in [0.2, 0.25) is 0 Å². The minimum absolute atomic E-state index is 0.0359. The number of hydrogen-bond acceptors (Lipinski definition) is 2. The lowest BCUT2D eigenvalue weighted by atomic mass is 9.89. The molecular weight excluding hydrogens is 448 g/mol. The maximum atomic E-state index is 14.4. The van der Waals surface area contributed by atoms with Gasteiger partial charge >= 0.3 is 6.18 Å². The average Bonchev–Trinajstić information content (AvgIpc) is 3.11. The second kappa shape index (κ2) is 11.4. The fourth-order valence-corrected chi connectivity index (χ4v) is 4.96. The number of aromatic nitrogens is 1. The van der Waals surface area contributed by atoms with Gasteiger partial charge in [-0.25, -0.2) is 4.39 Å². The summed E-state index contributed by atoms with van der Waals surface area (Å²) < 4.78 is 55.5. The summed E-state index contributed by atoms with van der Waals surface area (Å²) in [6.07, 6.45) is 6.73. The van der Waals surface area contributed by atoms with Gasteiger partial charge in [-0.1, -0.05) is 38.5 Å². The molecule has 0 aliphatic heterocycles. The van der Waals surface area contributed by atoms with Crippen LogP contribution in [0.3, 0.4) is 0 Å². The van der Waals surface area contributed by atoms with Gasteiger partial charge in [-0.3, -0.25) is 4.79 Å². The van der Waals surface area contributed by atoms with E-state index in [0.717, 1.165) is 56.7 Å². The van der Waals surface area contributed by atoms with Crippen molar-refractivity contribution in [1.29, 1.82) is 0 Å². The molecule has 0 unspecified atom stereocenters. The molecule has 4 nitrogen and oxygen atoms in total. The summed E-state index contributed by atoms with van der Waals surface area (Å²) in [5.41, 5.74) is 5.34. The number of halogens is 4. The Hall–Kier alpha value is -2.35. The molecule has 2 aliphatic carbocycles. The molecule has 3 N–H and O–H groups in total. The number of rotatable bonds is 4. The van der Waals surface area contributed by atoms with E-state index in [1.54, 1.807) is 11.5 Å². The zero-order valence-electron chi connectivity index (χ0n) is 19.6. The quantitative estimate of drug-likeness (QED) is 0.482. The second-order valence-corrected chi connectivity index (χ2v) is 9.49. The average molecular weight is 483 g/mol. The molecule has 4 rings (SSSR count). The molecule has 1 aromatic heterocycles. The van der Waals surface area contributed by atoms with Gasteiger partial charge in [0, 0.05) is 17.8 Å². The van der Waals surface area contributed by atoms with E-state index in [1.165, 1.54) is 31.7 Å². The zero-order chi connectivity index (χ0) is 24.9. The van der Waals surface area contributed by atoms with Crippen molar-refractivity contribution in [3.05, 3.63) is 46.9 Å². The van der Waals surface area contributed by atoms with Crippen molar-refractivity contribution in [3.8, 4) is 11.3 Å². The van der Waals surface area contributed by atoms with E-state index in [4.69, 9.17) is 10.8 Å². The molecule has 2 saturated carbocycles. The third-order valence-electron chi connectivity index (χ3n) is 6.94. The Morgan fingerprint density at radius 2 is 1.62 bits per heavy atom. The molecule has 2 fully saturated rings. The molecule has 1 heterocycles. The number of alkyl halides is 3. The Kier molecular flexibility index (Phi) is 8.79. The van der Waals surface area contributed by atoms with Crippen LogP contribution in [0.4, 0.5) is 17.6 Å². The van der Waals surface area contributed by atoms with Crippen molar-refractivity contribution < 1.29 is 27.5 Å². The largest absolute Gasteiger partial charge is 0.416 e. The molecule has 34 heavy (non-hydrogen) atoms. The summed E-state index contributed by atoms with van der Waals surface area (Å²) in [4.78, 5) is 11.8. The first-order chi connectivity index (χ1) is 16.1. The Morgan fingerprint density at radius 3 is 2.12 bits per heavy atom. The van der Waals surface area contributed by atoms with E-state index < -0.39 is 23.5 Å². The Balaban J connectivity index is 0.000000396. The predicted octanol–water partition coefficient (Wildman–Crippen LogP) is 6.61. The van der Waals surface area contributed by atoms with Gasteiger partial charge in [0.05, 0.1) is 22.9 Å². The van der Waals surface area contributed by atoms with Crippen molar-refractivity contribution in [2.45, 2.75) is 90.0 Å². The molecular formula is C26H34F4N2O2. The monoisotopic (exact) mass is 482 g/mol. The summed E-state index contributed by atoms with van der Waals surface area (Å²) in [6, 6.07) is 3.73. The molecule has 0 radical (unpaired) electrons. The highest BCUT2D eigenvalue weighted by Crippen LogP contribution is 2.36. The Morgan fingerprint density at radius 1 is 1.03 bits per heavy atom. The van der Waals surface area contributed by atoms with Gasteiger partial charge < -0.3 is 15.4 Å². The number of hydrogen-bond donors (Lipinski definition) is 2. The van der Waals surface area contributed by atoms with Crippen LogP contribution in [-0.2, 0) is 12.7 Å². The number of aliphatic hydroxyl groups is 1. The first-order valence-corrected chi connectivity index (χ1v) is 12.1. The number of nitrogens with two attached hydrogens (primary N) is 1. The van der Waals surface area contributed by atoms with Gasteiger partial charge in [0.15, 0.2) is 0 Å².